The topological polar surface area (TPSA) is 85.1 Å². The van der Waals surface area contributed by atoms with Gasteiger partial charge in [-0.25, -0.2) is 13.1 Å². The summed E-state index contributed by atoms with van der Waals surface area (Å²) < 4.78 is 27.9. The average molecular weight is 307 g/mol. The second-order valence-corrected chi connectivity index (χ2v) is 7.20. The van der Waals surface area contributed by atoms with E-state index in [1.807, 2.05) is 26.0 Å². The molecule has 0 spiro atoms. The minimum absolute atomic E-state index is 0.197. The molecule has 21 heavy (non-hydrogen) atoms. The first-order valence-corrected chi connectivity index (χ1v) is 8.48. The molecule has 0 aliphatic rings. The highest BCUT2D eigenvalue weighted by Gasteiger charge is 2.22. The van der Waals surface area contributed by atoms with Gasteiger partial charge in [-0.2, -0.15) is 0 Å². The first-order chi connectivity index (χ1) is 9.94. The minimum atomic E-state index is -3.64. The molecule has 2 rings (SSSR count). The number of aromatic nitrogens is 1. The molecule has 0 fully saturated rings. The van der Waals surface area contributed by atoms with Gasteiger partial charge in [0.1, 0.15) is 4.90 Å². The normalized spacial score (nSPS) is 13.7. The molecule has 1 aromatic carbocycles. The molecule has 2 aromatic rings. The maximum atomic E-state index is 12.6. The molecule has 0 aliphatic carbocycles. The molecule has 0 bridgehead atoms. The van der Waals surface area contributed by atoms with Gasteiger partial charge < -0.3 is 5.73 Å². The van der Waals surface area contributed by atoms with Crippen molar-refractivity contribution in [2.45, 2.75) is 31.2 Å². The fraction of sp³-hybridized carbons (Fsp3) is 0.400. The van der Waals surface area contributed by atoms with E-state index in [9.17, 15) is 8.42 Å². The predicted octanol–water partition coefficient (Wildman–Crippen LogP) is 1.89. The lowest BCUT2D eigenvalue weighted by Gasteiger charge is -2.19. The fourth-order valence-electron chi connectivity index (χ4n) is 2.34. The number of nitrogens with zero attached hydrogens (tertiary/aromatic N) is 1. The van der Waals surface area contributed by atoms with Crippen molar-refractivity contribution in [1.82, 2.24) is 9.71 Å². The van der Waals surface area contributed by atoms with E-state index in [2.05, 4.69) is 9.71 Å². The molecule has 6 heteroatoms. The first-order valence-electron chi connectivity index (χ1n) is 7.00. The van der Waals surface area contributed by atoms with Crippen LogP contribution in [-0.2, 0) is 10.0 Å². The summed E-state index contributed by atoms with van der Waals surface area (Å²) >= 11 is 0. The molecule has 0 amide bonds. The Morgan fingerprint density at radius 3 is 2.62 bits per heavy atom. The molecule has 5 nitrogen and oxygen atoms in total. The standard InChI is InChI=1S/C15H21N3O2S/c1-11(2)9-13(10-16)18-21(19,20)14-7-3-5-12-6-4-8-17-15(12)14/h3-8,11,13,18H,9-10,16H2,1-2H3/t13-/m1/s1. The molecule has 3 N–H and O–H groups in total. The van der Waals surface area contributed by atoms with Crippen molar-refractivity contribution in [3.63, 3.8) is 0 Å². The van der Waals surface area contributed by atoms with E-state index in [-0.39, 0.29) is 17.5 Å². The van der Waals surface area contributed by atoms with Crippen molar-refractivity contribution in [2.24, 2.45) is 11.7 Å². The quantitative estimate of drug-likeness (QED) is 0.853. The van der Waals surface area contributed by atoms with Crippen LogP contribution in [0.4, 0.5) is 0 Å². The van der Waals surface area contributed by atoms with E-state index in [1.54, 1.807) is 24.4 Å². The van der Waals surface area contributed by atoms with Gasteiger partial charge in [-0.3, -0.25) is 4.98 Å². The highest BCUT2D eigenvalue weighted by atomic mass is 32.2. The van der Waals surface area contributed by atoms with E-state index in [0.29, 0.717) is 17.9 Å². The average Bonchev–Trinajstić information content (AvgIpc) is 2.45. The SMILES string of the molecule is CC(C)C[C@H](CN)NS(=O)(=O)c1cccc2cccnc12. The van der Waals surface area contributed by atoms with Crippen LogP contribution in [0, 0.1) is 5.92 Å². The molecule has 0 unspecified atom stereocenters. The number of nitrogens with two attached hydrogens (primary N) is 1. The van der Waals surface area contributed by atoms with E-state index < -0.39 is 10.0 Å². The highest BCUT2D eigenvalue weighted by molar-refractivity contribution is 7.89. The molecule has 1 aromatic heterocycles. The van der Waals surface area contributed by atoms with Gasteiger partial charge in [-0.15, -0.1) is 0 Å². The number of rotatable bonds is 6. The number of hydrogen-bond acceptors (Lipinski definition) is 4. The van der Waals surface area contributed by atoms with Crippen molar-refractivity contribution in [3.05, 3.63) is 36.5 Å². The van der Waals surface area contributed by atoms with Gasteiger partial charge in [-0.05, 0) is 24.5 Å². The Bertz CT molecular complexity index is 708. The van der Waals surface area contributed by atoms with Crippen LogP contribution >= 0.6 is 0 Å². The summed E-state index contributed by atoms with van der Waals surface area (Å²) in [6, 6.07) is 8.49. The maximum absolute atomic E-state index is 12.6. The van der Waals surface area contributed by atoms with Crippen LogP contribution in [0.15, 0.2) is 41.4 Å². The lowest BCUT2D eigenvalue weighted by atomic mass is 10.1. The van der Waals surface area contributed by atoms with Gasteiger partial charge in [-0.1, -0.05) is 32.0 Å². The van der Waals surface area contributed by atoms with Crippen LogP contribution in [0.5, 0.6) is 0 Å². The van der Waals surface area contributed by atoms with Gasteiger partial charge in [0.15, 0.2) is 0 Å². The number of fused-ring (bicyclic) bond motifs is 1. The van der Waals surface area contributed by atoms with Gasteiger partial charge in [0.2, 0.25) is 10.0 Å². The Balaban J connectivity index is 2.38. The van der Waals surface area contributed by atoms with E-state index in [0.717, 1.165) is 5.39 Å². The van der Waals surface area contributed by atoms with Crippen LogP contribution in [0.1, 0.15) is 20.3 Å². The summed E-state index contributed by atoms with van der Waals surface area (Å²) in [5, 5.41) is 0.800. The summed E-state index contributed by atoms with van der Waals surface area (Å²) in [4.78, 5) is 4.39. The smallest absolute Gasteiger partial charge is 0.243 e. The minimum Gasteiger partial charge on any atom is -0.329 e. The molecular formula is C15H21N3O2S. The van der Waals surface area contributed by atoms with Gasteiger partial charge in [0.05, 0.1) is 5.52 Å². The molecular weight excluding hydrogens is 286 g/mol. The molecule has 0 aliphatic heterocycles. The second-order valence-electron chi connectivity index (χ2n) is 5.51. The van der Waals surface area contributed by atoms with Crippen molar-refractivity contribution in [2.75, 3.05) is 6.54 Å². The molecule has 0 radical (unpaired) electrons. The Labute approximate surface area is 125 Å². The van der Waals surface area contributed by atoms with Crippen LogP contribution in [-0.4, -0.2) is 26.0 Å². The fourth-order valence-corrected chi connectivity index (χ4v) is 3.78. The summed E-state index contributed by atoms with van der Waals surface area (Å²) in [6.07, 6.45) is 2.30. The van der Waals surface area contributed by atoms with Crippen molar-refractivity contribution >= 4 is 20.9 Å². The van der Waals surface area contributed by atoms with Crippen molar-refractivity contribution in [3.8, 4) is 0 Å². The van der Waals surface area contributed by atoms with E-state index in [1.165, 1.54) is 0 Å². The van der Waals surface area contributed by atoms with Gasteiger partial charge >= 0.3 is 0 Å². The number of hydrogen-bond donors (Lipinski definition) is 2. The van der Waals surface area contributed by atoms with Crippen LogP contribution in [0.2, 0.25) is 0 Å². The number of para-hydroxylation sites is 1. The molecule has 114 valence electrons. The number of pyridine rings is 1. The Morgan fingerprint density at radius 2 is 1.95 bits per heavy atom. The van der Waals surface area contributed by atoms with Crippen molar-refractivity contribution < 1.29 is 8.42 Å². The molecule has 1 heterocycles. The third-order valence-corrected chi connectivity index (χ3v) is 4.80. The summed E-state index contributed by atoms with van der Waals surface area (Å²) in [6.45, 7) is 4.35. The lowest BCUT2D eigenvalue weighted by Crippen LogP contribution is -2.41. The van der Waals surface area contributed by atoms with Crippen molar-refractivity contribution in [1.29, 1.82) is 0 Å². The largest absolute Gasteiger partial charge is 0.329 e. The number of nitrogens with one attached hydrogen (secondary N) is 1. The molecule has 0 saturated carbocycles. The van der Waals surface area contributed by atoms with Crippen LogP contribution < -0.4 is 10.5 Å². The zero-order valence-corrected chi connectivity index (χ0v) is 13.1. The molecule has 1 atom stereocenters. The Morgan fingerprint density at radius 1 is 1.24 bits per heavy atom. The highest BCUT2D eigenvalue weighted by Crippen LogP contribution is 2.21. The van der Waals surface area contributed by atoms with E-state index in [4.69, 9.17) is 5.73 Å². The monoisotopic (exact) mass is 307 g/mol. The maximum Gasteiger partial charge on any atom is 0.243 e. The lowest BCUT2D eigenvalue weighted by molar-refractivity contribution is 0.465. The van der Waals surface area contributed by atoms with E-state index >= 15 is 0 Å². The molecule has 0 saturated heterocycles. The zero-order chi connectivity index (χ0) is 15.5. The third-order valence-electron chi connectivity index (χ3n) is 3.25. The second kappa shape index (κ2) is 6.51. The summed E-state index contributed by atoms with van der Waals surface area (Å²) in [5.74, 6) is 0.367. The van der Waals surface area contributed by atoms with Gasteiger partial charge in [0.25, 0.3) is 0 Å². The Kier molecular flexibility index (Phi) is 4.92. The van der Waals surface area contributed by atoms with Crippen LogP contribution in [0.25, 0.3) is 10.9 Å². The zero-order valence-electron chi connectivity index (χ0n) is 12.3. The predicted molar refractivity (Wildman–Crippen MR) is 84.4 cm³/mol. The summed E-state index contributed by atoms with van der Waals surface area (Å²) in [7, 11) is -3.64. The number of benzene rings is 1. The van der Waals surface area contributed by atoms with Gasteiger partial charge in [0, 0.05) is 24.2 Å². The number of sulfonamides is 1. The Hall–Kier alpha value is -1.50. The summed E-state index contributed by atoms with van der Waals surface area (Å²) in [5.41, 5.74) is 6.16. The first kappa shape index (κ1) is 15.9. The third kappa shape index (κ3) is 3.78. The van der Waals surface area contributed by atoms with Crippen LogP contribution in [0.3, 0.4) is 0 Å².